The molecule has 4 rings (SSSR count). The van der Waals surface area contributed by atoms with Gasteiger partial charge in [-0.2, -0.15) is 0 Å². The van der Waals surface area contributed by atoms with Gasteiger partial charge in [-0.25, -0.2) is 4.98 Å². The quantitative estimate of drug-likeness (QED) is 0.876. The molecule has 0 unspecified atom stereocenters. The molecule has 144 valence electrons. The maximum Gasteiger partial charge on any atom is 0.147 e. The standard InChI is InChI=1S/C21H28ClN5/c22-18-3-1-2-17(14-18)21(16-23)6-4-19(5-7-21)26-10-12-27(13-11-26)20-15-24-8-9-25-20/h1-3,8-9,14-15,19H,4-7,10-13,16,23H2. The van der Waals surface area contributed by atoms with Crippen molar-refractivity contribution < 1.29 is 0 Å². The molecule has 2 N–H and O–H groups in total. The average molecular weight is 386 g/mol. The van der Waals surface area contributed by atoms with Crippen molar-refractivity contribution in [2.75, 3.05) is 37.6 Å². The monoisotopic (exact) mass is 385 g/mol. The van der Waals surface area contributed by atoms with Crippen molar-refractivity contribution in [2.45, 2.75) is 37.1 Å². The van der Waals surface area contributed by atoms with Crippen molar-refractivity contribution in [1.82, 2.24) is 14.9 Å². The molecule has 0 bridgehead atoms. The molecule has 0 radical (unpaired) electrons. The number of nitrogens with two attached hydrogens (primary N) is 1. The first-order valence-electron chi connectivity index (χ1n) is 9.91. The van der Waals surface area contributed by atoms with E-state index in [9.17, 15) is 0 Å². The molecule has 27 heavy (non-hydrogen) atoms. The van der Waals surface area contributed by atoms with Crippen LogP contribution in [-0.2, 0) is 5.41 Å². The predicted molar refractivity (Wildman–Crippen MR) is 110 cm³/mol. The Morgan fingerprint density at radius 3 is 2.52 bits per heavy atom. The van der Waals surface area contributed by atoms with E-state index in [2.05, 4.69) is 31.9 Å². The Bertz CT molecular complexity index is 737. The Hall–Kier alpha value is -1.69. The van der Waals surface area contributed by atoms with Gasteiger partial charge in [0.1, 0.15) is 5.82 Å². The van der Waals surface area contributed by atoms with Crippen molar-refractivity contribution >= 4 is 17.4 Å². The molecule has 1 aliphatic carbocycles. The lowest BCUT2D eigenvalue weighted by Crippen LogP contribution is -2.53. The third-order valence-electron chi connectivity index (χ3n) is 6.44. The summed E-state index contributed by atoms with van der Waals surface area (Å²) in [5, 5.41) is 0.808. The molecule has 1 saturated heterocycles. The van der Waals surface area contributed by atoms with Crippen LogP contribution in [0.15, 0.2) is 42.9 Å². The lowest BCUT2D eigenvalue weighted by Gasteiger charge is -2.46. The molecular weight excluding hydrogens is 358 g/mol. The number of halogens is 1. The summed E-state index contributed by atoms with van der Waals surface area (Å²) in [6, 6.07) is 8.95. The molecule has 0 spiro atoms. The second kappa shape index (κ2) is 8.13. The topological polar surface area (TPSA) is 58.3 Å². The SMILES string of the molecule is NCC1(c2cccc(Cl)c2)CCC(N2CCN(c3cnccn3)CC2)CC1. The second-order valence-electron chi connectivity index (χ2n) is 7.81. The Labute approximate surface area is 166 Å². The van der Waals surface area contributed by atoms with Gasteiger partial charge in [0.15, 0.2) is 0 Å². The summed E-state index contributed by atoms with van der Waals surface area (Å²) in [5.41, 5.74) is 7.65. The van der Waals surface area contributed by atoms with Crippen molar-refractivity contribution in [1.29, 1.82) is 0 Å². The smallest absolute Gasteiger partial charge is 0.147 e. The lowest BCUT2D eigenvalue weighted by atomic mass is 9.68. The van der Waals surface area contributed by atoms with Gasteiger partial charge < -0.3 is 10.6 Å². The minimum absolute atomic E-state index is 0.0862. The Kier molecular flexibility index (Phi) is 5.62. The first-order valence-corrected chi connectivity index (χ1v) is 10.3. The van der Waals surface area contributed by atoms with Gasteiger partial charge in [-0.3, -0.25) is 9.88 Å². The Morgan fingerprint density at radius 2 is 1.89 bits per heavy atom. The van der Waals surface area contributed by atoms with Crippen LogP contribution in [0.3, 0.4) is 0 Å². The fraction of sp³-hybridized carbons (Fsp3) is 0.524. The Morgan fingerprint density at radius 1 is 1.11 bits per heavy atom. The molecule has 2 aromatic rings. The van der Waals surface area contributed by atoms with Crippen LogP contribution in [0, 0.1) is 0 Å². The van der Waals surface area contributed by atoms with Crippen LogP contribution in [-0.4, -0.2) is 53.6 Å². The third kappa shape index (κ3) is 3.96. The number of piperazine rings is 1. The fourth-order valence-corrected chi connectivity index (χ4v) is 4.91. The predicted octanol–water partition coefficient (Wildman–Crippen LogP) is 3.09. The van der Waals surface area contributed by atoms with Crippen molar-refractivity contribution in [2.24, 2.45) is 5.73 Å². The van der Waals surface area contributed by atoms with Crippen LogP contribution in [0.4, 0.5) is 5.82 Å². The first-order chi connectivity index (χ1) is 13.2. The number of anilines is 1. The van der Waals surface area contributed by atoms with Crippen LogP contribution >= 0.6 is 11.6 Å². The van der Waals surface area contributed by atoms with E-state index in [-0.39, 0.29) is 5.41 Å². The summed E-state index contributed by atoms with van der Waals surface area (Å²) in [7, 11) is 0. The van der Waals surface area contributed by atoms with E-state index in [0.29, 0.717) is 12.6 Å². The fourth-order valence-electron chi connectivity index (χ4n) is 4.72. The van der Waals surface area contributed by atoms with Crippen LogP contribution < -0.4 is 10.6 Å². The minimum atomic E-state index is 0.0862. The number of hydrogen-bond donors (Lipinski definition) is 1. The molecule has 1 saturated carbocycles. The van der Waals surface area contributed by atoms with E-state index < -0.39 is 0 Å². The van der Waals surface area contributed by atoms with Gasteiger partial charge in [0.05, 0.1) is 6.20 Å². The zero-order valence-corrected chi connectivity index (χ0v) is 16.5. The zero-order valence-electron chi connectivity index (χ0n) is 15.7. The highest BCUT2D eigenvalue weighted by Crippen LogP contribution is 2.41. The number of aromatic nitrogens is 2. The summed E-state index contributed by atoms with van der Waals surface area (Å²) in [4.78, 5) is 13.6. The van der Waals surface area contributed by atoms with E-state index in [1.54, 1.807) is 12.4 Å². The summed E-state index contributed by atoms with van der Waals surface area (Å²) >= 11 is 6.23. The van der Waals surface area contributed by atoms with Crippen molar-refractivity contribution in [3.8, 4) is 0 Å². The van der Waals surface area contributed by atoms with E-state index in [4.69, 9.17) is 17.3 Å². The maximum atomic E-state index is 6.25. The van der Waals surface area contributed by atoms with Crippen LogP contribution in [0.25, 0.3) is 0 Å². The van der Waals surface area contributed by atoms with E-state index in [1.165, 1.54) is 18.4 Å². The number of benzene rings is 1. The summed E-state index contributed by atoms with van der Waals surface area (Å²) in [6.07, 6.45) is 10.0. The Balaban J connectivity index is 1.35. The van der Waals surface area contributed by atoms with Crippen LogP contribution in [0.2, 0.25) is 5.02 Å². The average Bonchev–Trinajstić information content (AvgIpc) is 2.75. The lowest BCUT2D eigenvalue weighted by molar-refractivity contribution is 0.118. The third-order valence-corrected chi connectivity index (χ3v) is 6.68. The molecule has 0 atom stereocenters. The van der Waals surface area contributed by atoms with Crippen molar-refractivity contribution in [3.05, 3.63) is 53.4 Å². The molecule has 0 amide bonds. The maximum absolute atomic E-state index is 6.25. The molecule has 1 aromatic carbocycles. The second-order valence-corrected chi connectivity index (χ2v) is 8.25. The van der Waals surface area contributed by atoms with E-state index in [0.717, 1.165) is 49.9 Å². The van der Waals surface area contributed by atoms with Gasteiger partial charge in [-0.1, -0.05) is 23.7 Å². The highest BCUT2D eigenvalue weighted by molar-refractivity contribution is 6.30. The zero-order chi connectivity index (χ0) is 18.7. The first kappa shape index (κ1) is 18.7. The summed E-state index contributed by atoms with van der Waals surface area (Å²) in [6.45, 7) is 4.92. The molecule has 6 heteroatoms. The van der Waals surface area contributed by atoms with Gasteiger partial charge in [-0.05, 0) is 43.4 Å². The van der Waals surface area contributed by atoms with Crippen molar-refractivity contribution in [3.63, 3.8) is 0 Å². The van der Waals surface area contributed by atoms with Gasteiger partial charge in [-0.15, -0.1) is 0 Å². The highest BCUT2D eigenvalue weighted by atomic mass is 35.5. The molecule has 2 heterocycles. The molecule has 5 nitrogen and oxygen atoms in total. The summed E-state index contributed by atoms with van der Waals surface area (Å²) < 4.78 is 0. The number of rotatable bonds is 4. The number of hydrogen-bond acceptors (Lipinski definition) is 5. The van der Waals surface area contributed by atoms with Gasteiger partial charge in [0.2, 0.25) is 0 Å². The molecular formula is C21H28ClN5. The van der Waals surface area contributed by atoms with Crippen LogP contribution in [0.1, 0.15) is 31.2 Å². The van der Waals surface area contributed by atoms with Gasteiger partial charge in [0.25, 0.3) is 0 Å². The molecule has 1 aromatic heterocycles. The highest BCUT2D eigenvalue weighted by Gasteiger charge is 2.38. The van der Waals surface area contributed by atoms with E-state index in [1.807, 2.05) is 18.3 Å². The molecule has 1 aliphatic heterocycles. The van der Waals surface area contributed by atoms with Gasteiger partial charge in [0, 0.05) is 61.6 Å². The van der Waals surface area contributed by atoms with Gasteiger partial charge >= 0.3 is 0 Å². The largest absolute Gasteiger partial charge is 0.353 e. The van der Waals surface area contributed by atoms with Crippen LogP contribution in [0.5, 0.6) is 0 Å². The number of nitrogens with zero attached hydrogens (tertiary/aromatic N) is 4. The summed E-state index contributed by atoms with van der Waals surface area (Å²) in [5.74, 6) is 0.990. The normalized spacial score (nSPS) is 26.9. The van der Waals surface area contributed by atoms with E-state index >= 15 is 0 Å². The molecule has 2 aliphatic rings. The molecule has 2 fully saturated rings. The minimum Gasteiger partial charge on any atom is -0.353 e.